The molecule has 0 saturated heterocycles. The van der Waals surface area contributed by atoms with Gasteiger partial charge in [0.25, 0.3) is 5.91 Å². The van der Waals surface area contributed by atoms with Gasteiger partial charge in [-0.05, 0) is 47.9 Å². The number of hydrazine groups is 1. The van der Waals surface area contributed by atoms with Crippen molar-refractivity contribution in [2.24, 2.45) is 7.05 Å². The van der Waals surface area contributed by atoms with Crippen LogP contribution >= 0.6 is 0 Å². The summed E-state index contributed by atoms with van der Waals surface area (Å²) in [7, 11) is 3.70. The van der Waals surface area contributed by atoms with E-state index in [1.165, 1.54) is 11.1 Å². The number of amides is 2. The van der Waals surface area contributed by atoms with E-state index < -0.39 is 0 Å². The van der Waals surface area contributed by atoms with Gasteiger partial charge in [-0.3, -0.25) is 19.3 Å². The molecule has 2 amide bonds. The zero-order valence-electron chi connectivity index (χ0n) is 22.2. The quantitative estimate of drug-likeness (QED) is 0.391. The zero-order valence-corrected chi connectivity index (χ0v) is 22.2. The minimum absolute atomic E-state index is 0.0657. The van der Waals surface area contributed by atoms with Gasteiger partial charge in [0.15, 0.2) is 0 Å². The van der Waals surface area contributed by atoms with Gasteiger partial charge in [-0.15, -0.1) is 0 Å². The largest absolute Gasteiger partial charge is 0.353 e. The van der Waals surface area contributed by atoms with Crippen LogP contribution in [0.25, 0.3) is 11.1 Å². The molecule has 0 saturated carbocycles. The number of hydrogen-bond acceptors (Lipinski definition) is 6. The number of benzene rings is 2. The van der Waals surface area contributed by atoms with E-state index in [2.05, 4.69) is 33.9 Å². The fourth-order valence-electron chi connectivity index (χ4n) is 4.63. The van der Waals surface area contributed by atoms with Crippen molar-refractivity contribution < 1.29 is 9.59 Å². The number of rotatable bonds is 11. The lowest BCUT2D eigenvalue weighted by atomic mass is 10.0. The molecule has 37 heavy (non-hydrogen) atoms. The first-order valence-corrected chi connectivity index (χ1v) is 12.8. The van der Waals surface area contributed by atoms with Crippen LogP contribution in [-0.4, -0.2) is 71.4 Å². The van der Waals surface area contributed by atoms with Crippen LogP contribution in [0, 0.1) is 6.92 Å². The van der Waals surface area contributed by atoms with Crippen LogP contribution in [0.4, 0.5) is 5.69 Å². The Kier molecular flexibility index (Phi) is 8.58. The maximum atomic E-state index is 13.4. The molecule has 2 heterocycles. The van der Waals surface area contributed by atoms with Gasteiger partial charge in [0.2, 0.25) is 5.91 Å². The van der Waals surface area contributed by atoms with Crippen molar-refractivity contribution in [1.29, 1.82) is 0 Å². The Morgan fingerprint density at radius 2 is 1.76 bits per heavy atom. The first-order chi connectivity index (χ1) is 17.9. The van der Waals surface area contributed by atoms with Crippen molar-refractivity contribution in [2.75, 3.05) is 44.7 Å². The van der Waals surface area contributed by atoms with Crippen molar-refractivity contribution >= 4 is 17.5 Å². The molecule has 0 bridgehead atoms. The number of nitrogens with zero attached hydrogens (tertiary/aromatic N) is 5. The SMILES string of the molecule is CCNCCNC(=O)CN(CC(=O)N(C)N1Cc2ccccc2C1)c1ccc(-c2cnn(C)c2)cc1C. The Labute approximate surface area is 219 Å². The third-order valence-electron chi connectivity index (χ3n) is 6.72. The summed E-state index contributed by atoms with van der Waals surface area (Å²) >= 11 is 0. The summed E-state index contributed by atoms with van der Waals surface area (Å²) in [5.41, 5.74) is 6.39. The topological polar surface area (TPSA) is 85.7 Å². The van der Waals surface area contributed by atoms with Crippen LogP contribution in [0.5, 0.6) is 0 Å². The highest BCUT2D eigenvalue weighted by Gasteiger charge is 2.27. The number of anilines is 1. The van der Waals surface area contributed by atoms with E-state index in [9.17, 15) is 9.59 Å². The van der Waals surface area contributed by atoms with Crippen LogP contribution in [0.2, 0.25) is 0 Å². The highest BCUT2D eigenvalue weighted by atomic mass is 16.2. The molecule has 0 spiro atoms. The standard InChI is InChI=1S/C28H37N7O2/c1-5-29-12-13-30-27(36)19-34(26-11-10-22(14-21(26)2)25-15-31-32(3)16-25)20-28(37)33(4)35-17-23-8-6-7-9-24(23)18-35/h6-11,14-16,29H,5,12-13,17-20H2,1-4H3,(H,30,36). The lowest BCUT2D eigenvalue weighted by Crippen LogP contribution is -2.48. The van der Waals surface area contributed by atoms with Gasteiger partial charge >= 0.3 is 0 Å². The number of fused-ring (bicyclic) bond motifs is 1. The summed E-state index contributed by atoms with van der Waals surface area (Å²) in [5, 5.41) is 14.2. The molecule has 3 aromatic rings. The van der Waals surface area contributed by atoms with E-state index in [1.807, 2.05) is 67.5 Å². The van der Waals surface area contributed by atoms with Gasteiger partial charge < -0.3 is 15.5 Å². The minimum Gasteiger partial charge on any atom is -0.353 e. The molecule has 2 N–H and O–H groups in total. The lowest BCUT2D eigenvalue weighted by Gasteiger charge is -2.32. The van der Waals surface area contributed by atoms with E-state index >= 15 is 0 Å². The molecule has 0 unspecified atom stereocenters. The Morgan fingerprint density at radius 3 is 2.38 bits per heavy atom. The summed E-state index contributed by atoms with van der Waals surface area (Å²) < 4.78 is 1.77. The summed E-state index contributed by atoms with van der Waals surface area (Å²) in [5.74, 6) is -0.179. The molecule has 1 aromatic heterocycles. The second-order valence-corrected chi connectivity index (χ2v) is 9.47. The molecule has 196 valence electrons. The number of aryl methyl sites for hydroxylation is 2. The number of carbonyl (C=O) groups excluding carboxylic acids is 2. The average molecular weight is 504 g/mol. The number of nitrogens with one attached hydrogen (secondary N) is 2. The summed E-state index contributed by atoms with van der Waals surface area (Å²) in [6, 6.07) is 14.3. The molecule has 2 aromatic carbocycles. The predicted octanol–water partition coefficient (Wildman–Crippen LogP) is 2.32. The monoisotopic (exact) mass is 503 g/mol. The fourth-order valence-corrected chi connectivity index (χ4v) is 4.63. The van der Waals surface area contributed by atoms with E-state index in [4.69, 9.17) is 0 Å². The maximum Gasteiger partial charge on any atom is 0.256 e. The van der Waals surface area contributed by atoms with Gasteiger partial charge in [-0.1, -0.05) is 37.3 Å². The van der Waals surface area contributed by atoms with Crippen molar-refractivity contribution in [3.8, 4) is 11.1 Å². The molecule has 0 aliphatic carbocycles. The highest BCUT2D eigenvalue weighted by molar-refractivity contribution is 5.87. The van der Waals surface area contributed by atoms with Crippen molar-refractivity contribution in [3.05, 3.63) is 71.5 Å². The van der Waals surface area contributed by atoms with Crippen molar-refractivity contribution in [2.45, 2.75) is 26.9 Å². The van der Waals surface area contributed by atoms with E-state index in [1.54, 1.807) is 16.7 Å². The third kappa shape index (κ3) is 6.55. The Bertz CT molecular complexity index is 1210. The lowest BCUT2D eigenvalue weighted by molar-refractivity contribution is -0.145. The molecular weight excluding hydrogens is 466 g/mol. The van der Waals surface area contributed by atoms with E-state index in [0.29, 0.717) is 26.2 Å². The number of likely N-dealkylation sites (N-methyl/N-ethyl adjacent to an activating group) is 2. The summed E-state index contributed by atoms with van der Waals surface area (Å²) in [6.07, 6.45) is 3.80. The molecule has 4 rings (SSSR count). The molecule has 9 heteroatoms. The minimum atomic E-state index is -0.113. The second kappa shape index (κ2) is 12.0. The molecule has 1 aliphatic rings. The second-order valence-electron chi connectivity index (χ2n) is 9.47. The van der Waals surface area contributed by atoms with E-state index in [0.717, 1.165) is 28.9 Å². The Morgan fingerprint density at radius 1 is 1.03 bits per heavy atom. The van der Waals surface area contributed by atoms with Crippen LogP contribution < -0.4 is 15.5 Å². The van der Waals surface area contributed by atoms with Gasteiger partial charge in [0.05, 0.1) is 19.3 Å². The highest BCUT2D eigenvalue weighted by Crippen LogP contribution is 2.28. The summed E-state index contributed by atoms with van der Waals surface area (Å²) in [6.45, 7) is 7.72. The van der Waals surface area contributed by atoms with Gasteiger partial charge in [0, 0.05) is 57.7 Å². The van der Waals surface area contributed by atoms with Crippen LogP contribution in [-0.2, 0) is 29.7 Å². The predicted molar refractivity (Wildman–Crippen MR) is 146 cm³/mol. The first-order valence-electron chi connectivity index (χ1n) is 12.8. The van der Waals surface area contributed by atoms with Gasteiger partial charge in [0.1, 0.15) is 0 Å². The normalized spacial score (nSPS) is 12.9. The van der Waals surface area contributed by atoms with Crippen LogP contribution in [0.3, 0.4) is 0 Å². The molecule has 0 radical (unpaired) electrons. The fraction of sp³-hybridized carbons (Fsp3) is 0.393. The van der Waals surface area contributed by atoms with Gasteiger partial charge in [-0.2, -0.15) is 5.10 Å². The molecule has 0 atom stereocenters. The van der Waals surface area contributed by atoms with Crippen molar-refractivity contribution in [1.82, 2.24) is 30.4 Å². The smallest absolute Gasteiger partial charge is 0.256 e. The number of aromatic nitrogens is 2. The molecule has 9 nitrogen and oxygen atoms in total. The number of hydrogen-bond donors (Lipinski definition) is 2. The Hall–Kier alpha value is -3.69. The zero-order chi connectivity index (χ0) is 26.4. The first kappa shape index (κ1) is 26.4. The molecular formula is C28H37N7O2. The molecule has 0 fully saturated rings. The maximum absolute atomic E-state index is 13.4. The third-order valence-corrected chi connectivity index (χ3v) is 6.72. The average Bonchev–Trinajstić information content (AvgIpc) is 3.52. The van der Waals surface area contributed by atoms with Crippen LogP contribution in [0.15, 0.2) is 54.9 Å². The van der Waals surface area contributed by atoms with Crippen LogP contribution in [0.1, 0.15) is 23.6 Å². The summed E-state index contributed by atoms with van der Waals surface area (Å²) in [4.78, 5) is 28.1. The Balaban J connectivity index is 1.50. The van der Waals surface area contributed by atoms with E-state index in [-0.39, 0.29) is 24.9 Å². The van der Waals surface area contributed by atoms with Gasteiger partial charge in [-0.25, -0.2) is 5.01 Å². The number of carbonyl (C=O) groups is 2. The van der Waals surface area contributed by atoms with Crippen molar-refractivity contribution in [3.63, 3.8) is 0 Å². The molecule has 1 aliphatic heterocycles.